The molecule has 1 aromatic rings. The molecule has 0 unspecified atom stereocenters. The Hall–Kier alpha value is -2.28. The zero-order valence-electron chi connectivity index (χ0n) is 13.5. The molecule has 0 bridgehead atoms. The number of nitrogens with zero attached hydrogens (tertiary/aromatic N) is 1. The van der Waals surface area contributed by atoms with Crippen molar-refractivity contribution in [3.8, 4) is 0 Å². The van der Waals surface area contributed by atoms with Gasteiger partial charge in [0.15, 0.2) is 0 Å². The van der Waals surface area contributed by atoms with Crippen LogP contribution in [0.15, 0.2) is 10.6 Å². The molecule has 0 aromatic carbocycles. The van der Waals surface area contributed by atoms with Crippen LogP contribution in [0.25, 0.3) is 6.08 Å². The highest BCUT2D eigenvalue weighted by Gasteiger charge is 2.14. The maximum absolute atomic E-state index is 11.6. The summed E-state index contributed by atoms with van der Waals surface area (Å²) in [5, 5.41) is 22.6. The molecular weight excluding hydrogens is 298 g/mol. The van der Waals surface area contributed by atoms with Crippen LogP contribution in [0.4, 0.5) is 0 Å². The van der Waals surface area contributed by atoms with Gasteiger partial charge in [-0.2, -0.15) is 0 Å². The molecule has 0 saturated heterocycles. The lowest BCUT2D eigenvalue weighted by molar-refractivity contribution is -0.137. The van der Waals surface area contributed by atoms with Gasteiger partial charge < -0.3 is 20.4 Å². The highest BCUT2D eigenvalue weighted by atomic mass is 16.5. The Morgan fingerprint density at radius 1 is 1.43 bits per heavy atom. The van der Waals surface area contributed by atoms with E-state index in [1.54, 1.807) is 13.0 Å². The van der Waals surface area contributed by atoms with Crippen LogP contribution in [-0.2, 0) is 16.0 Å². The van der Waals surface area contributed by atoms with Crippen molar-refractivity contribution in [1.29, 1.82) is 5.41 Å². The van der Waals surface area contributed by atoms with Crippen molar-refractivity contribution in [2.24, 2.45) is 0 Å². The van der Waals surface area contributed by atoms with Crippen molar-refractivity contribution in [2.75, 3.05) is 13.2 Å². The number of hydrogen-bond acceptors (Lipinski definition) is 6. The minimum Gasteiger partial charge on any atom is -0.395 e. The van der Waals surface area contributed by atoms with Gasteiger partial charge in [0, 0.05) is 17.8 Å². The molecule has 0 aliphatic carbocycles. The smallest absolute Gasteiger partial charge is 0.287 e. The molecule has 126 valence electrons. The molecule has 0 spiro atoms. The molecule has 7 heteroatoms. The number of ketones is 1. The third-order valence-electron chi connectivity index (χ3n) is 3.20. The quantitative estimate of drug-likeness (QED) is 0.445. The van der Waals surface area contributed by atoms with E-state index in [2.05, 4.69) is 17.4 Å². The number of aryl methyl sites for hydroxylation is 2. The second-order valence-electron chi connectivity index (χ2n) is 5.14. The SMILES string of the molecule is CCCCc1noc(C)c1/C=C/C(=N)CC(=O)C(=O)NCCO. The maximum atomic E-state index is 11.6. The first-order valence-electron chi connectivity index (χ1n) is 7.62. The van der Waals surface area contributed by atoms with E-state index >= 15 is 0 Å². The zero-order valence-corrected chi connectivity index (χ0v) is 13.5. The van der Waals surface area contributed by atoms with Gasteiger partial charge in [-0.3, -0.25) is 9.59 Å². The van der Waals surface area contributed by atoms with Crippen LogP contribution in [-0.4, -0.2) is 40.8 Å². The molecule has 1 aromatic heterocycles. The van der Waals surface area contributed by atoms with Crippen molar-refractivity contribution in [3.05, 3.63) is 23.1 Å². The maximum Gasteiger partial charge on any atom is 0.287 e. The molecule has 0 atom stereocenters. The number of unbranched alkanes of at least 4 members (excludes halogenated alkanes) is 1. The number of rotatable bonds is 10. The monoisotopic (exact) mass is 321 g/mol. The number of amides is 1. The first-order valence-corrected chi connectivity index (χ1v) is 7.62. The molecular formula is C16H23N3O4. The number of aliphatic hydroxyl groups is 1. The largest absolute Gasteiger partial charge is 0.395 e. The Balaban J connectivity index is 2.63. The number of carbonyl (C=O) groups excluding carboxylic acids is 2. The fourth-order valence-electron chi connectivity index (χ4n) is 1.93. The summed E-state index contributed by atoms with van der Waals surface area (Å²) in [6.07, 6.45) is 5.71. The first-order chi connectivity index (χ1) is 11.0. The molecule has 0 aliphatic heterocycles. The molecule has 23 heavy (non-hydrogen) atoms. The molecule has 0 aliphatic rings. The number of Topliss-reactive ketones (excluding diaryl/α,β-unsaturated/α-hetero) is 1. The third-order valence-corrected chi connectivity index (χ3v) is 3.20. The van der Waals surface area contributed by atoms with Crippen LogP contribution in [0.1, 0.15) is 43.2 Å². The summed E-state index contributed by atoms with van der Waals surface area (Å²) in [7, 11) is 0. The number of hydrogen-bond donors (Lipinski definition) is 3. The highest BCUT2D eigenvalue weighted by molar-refractivity contribution is 6.40. The van der Waals surface area contributed by atoms with Gasteiger partial charge in [0.25, 0.3) is 5.91 Å². The second-order valence-corrected chi connectivity index (χ2v) is 5.14. The summed E-state index contributed by atoms with van der Waals surface area (Å²) in [4.78, 5) is 23.0. The van der Waals surface area contributed by atoms with E-state index in [-0.39, 0.29) is 25.3 Å². The Bertz CT molecular complexity index is 590. The van der Waals surface area contributed by atoms with Gasteiger partial charge in [-0.05, 0) is 31.9 Å². The molecule has 1 amide bonds. The van der Waals surface area contributed by atoms with E-state index in [0.717, 1.165) is 30.5 Å². The van der Waals surface area contributed by atoms with Gasteiger partial charge in [-0.15, -0.1) is 0 Å². The zero-order chi connectivity index (χ0) is 17.2. The Morgan fingerprint density at radius 2 is 2.17 bits per heavy atom. The lowest BCUT2D eigenvalue weighted by Crippen LogP contribution is -2.33. The van der Waals surface area contributed by atoms with E-state index in [0.29, 0.717) is 5.76 Å². The summed E-state index contributed by atoms with van der Waals surface area (Å²) < 4.78 is 5.16. The average molecular weight is 321 g/mol. The van der Waals surface area contributed by atoms with Crippen LogP contribution in [0.5, 0.6) is 0 Å². The normalized spacial score (nSPS) is 10.9. The van der Waals surface area contributed by atoms with Gasteiger partial charge >= 0.3 is 0 Å². The number of aromatic nitrogens is 1. The molecule has 0 radical (unpaired) electrons. The standard InChI is InChI=1S/C16H23N3O4/c1-3-4-5-14-13(11(2)23-19-14)7-6-12(17)10-15(21)16(22)18-8-9-20/h6-7,17,20H,3-5,8-10H2,1-2H3,(H,18,22)/b7-6+,17-12?. The van der Waals surface area contributed by atoms with Crippen LogP contribution >= 0.6 is 0 Å². The van der Waals surface area contributed by atoms with Crippen LogP contribution in [0, 0.1) is 12.3 Å². The van der Waals surface area contributed by atoms with Crippen molar-refractivity contribution in [1.82, 2.24) is 10.5 Å². The minimum absolute atomic E-state index is 0.0222. The predicted molar refractivity (Wildman–Crippen MR) is 86.3 cm³/mol. The van der Waals surface area contributed by atoms with Crippen molar-refractivity contribution in [3.63, 3.8) is 0 Å². The van der Waals surface area contributed by atoms with Gasteiger partial charge in [-0.25, -0.2) is 0 Å². The second kappa shape index (κ2) is 9.68. The van der Waals surface area contributed by atoms with Gasteiger partial charge in [0.2, 0.25) is 5.78 Å². The summed E-state index contributed by atoms with van der Waals surface area (Å²) in [5.41, 5.74) is 1.68. The lowest BCUT2D eigenvalue weighted by atomic mass is 10.1. The third kappa shape index (κ3) is 6.15. The van der Waals surface area contributed by atoms with E-state index in [9.17, 15) is 9.59 Å². The molecule has 3 N–H and O–H groups in total. The molecule has 7 nitrogen and oxygen atoms in total. The number of aliphatic hydroxyl groups excluding tert-OH is 1. The fraction of sp³-hybridized carbons (Fsp3) is 0.500. The first kappa shape index (κ1) is 18.8. The van der Waals surface area contributed by atoms with E-state index in [4.69, 9.17) is 15.0 Å². The summed E-state index contributed by atoms with van der Waals surface area (Å²) in [6.45, 7) is 3.67. The van der Waals surface area contributed by atoms with E-state index < -0.39 is 11.7 Å². The van der Waals surface area contributed by atoms with Gasteiger partial charge in [0.05, 0.1) is 18.7 Å². The Kier molecular flexibility index (Phi) is 7.90. The summed E-state index contributed by atoms with van der Waals surface area (Å²) in [6, 6.07) is 0. The number of nitrogens with one attached hydrogen (secondary N) is 2. The van der Waals surface area contributed by atoms with Crippen molar-refractivity contribution < 1.29 is 19.2 Å². The molecule has 0 fully saturated rings. The van der Waals surface area contributed by atoms with Gasteiger partial charge in [0.1, 0.15) is 5.76 Å². The number of carbonyl (C=O) groups is 2. The highest BCUT2D eigenvalue weighted by Crippen LogP contribution is 2.17. The van der Waals surface area contributed by atoms with Gasteiger partial charge in [-0.1, -0.05) is 18.5 Å². The van der Waals surface area contributed by atoms with E-state index in [1.807, 2.05) is 0 Å². The Labute approximate surface area is 135 Å². The van der Waals surface area contributed by atoms with Crippen molar-refractivity contribution >= 4 is 23.5 Å². The predicted octanol–water partition coefficient (Wildman–Crippen LogP) is 1.43. The average Bonchev–Trinajstić information content (AvgIpc) is 2.88. The van der Waals surface area contributed by atoms with Crippen LogP contribution in [0.2, 0.25) is 0 Å². The summed E-state index contributed by atoms with van der Waals surface area (Å²) >= 11 is 0. The molecule has 1 rings (SSSR count). The van der Waals surface area contributed by atoms with E-state index in [1.165, 1.54) is 6.08 Å². The van der Waals surface area contributed by atoms with Crippen molar-refractivity contribution in [2.45, 2.75) is 39.5 Å². The fourth-order valence-corrected chi connectivity index (χ4v) is 1.93. The Morgan fingerprint density at radius 3 is 2.83 bits per heavy atom. The number of allylic oxidation sites excluding steroid dienone is 1. The molecule has 0 saturated carbocycles. The molecule has 1 heterocycles. The lowest BCUT2D eigenvalue weighted by Gasteiger charge is -2.01. The van der Waals surface area contributed by atoms with Crippen LogP contribution < -0.4 is 5.32 Å². The topological polar surface area (TPSA) is 116 Å². The minimum atomic E-state index is -0.790. The van der Waals surface area contributed by atoms with Crippen LogP contribution in [0.3, 0.4) is 0 Å². The summed E-state index contributed by atoms with van der Waals surface area (Å²) in [5.74, 6) is -0.837.